The van der Waals surface area contributed by atoms with Gasteiger partial charge < -0.3 is 4.57 Å². The number of pyridine rings is 1. The molecule has 2 aromatic rings. The molecule has 0 saturated heterocycles. The monoisotopic (exact) mass is 435 g/mol. The van der Waals surface area contributed by atoms with Crippen LogP contribution in [0, 0.1) is 0 Å². The lowest BCUT2D eigenvalue weighted by atomic mass is 10.0. The van der Waals surface area contributed by atoms with Crippen molar-refractivity contribution in [3.63, 3.8) is 0 Å². The Bertz CT molecular complexity index is 797. The Labute approximate surface area is 157 Å². The van der Waals surface area contributed by atoms with Crippen LogP contribution in [-0.4, -0.2) is 14.1 Å². The maximum Gasteiger partial charge on any atom is 0.253 e. The number of rotatable bonds is 4. The number of alkyl halides is 3. The lowest BCUT2D eigenvalue weighted by Gasteiger charge is -2.14. The van der Waals surface area contributed by atoms with Gasteiger partial charge in [0.25, 0.3) is 3.79 Å². The van der Waals surface area contributed by atoms with Gasteiger partial charge in [0.2, 0.25) is 5.78 Å². The molecule has 0 radical (unpaired) electrons. The second-order valence-corrected chi connectivity index (χ2v) is 8.19. The fourth-order valence-corrected chi connectivity index (χ4v) is 2.90. The Morgan fingerprint density at radius 2 is 1.96 bits per heavy atom. The third kappa shape index (κ3) is 4.38. The Hall–Kier alpha value is -0.810. The van der Waals surface area contributed by atoms with Crippen LogP contribution in [-0.2, 0) is 6.54 Å². The highest BCUT2D eigenvalue weighted by Crippen LogP contribution is 2.30. The Morgan fingerprint density at radius 1 is 1.26 bits per heavy atom. The summed E-state index contributed by atoms with van der Waals surface area (Å²) in [6.45, 7) is 2.63. The summed E-state index contributed by atoms with van der Waals surface area (Å²) in [4.78, 5) is 25.0. The first kappa shape index (κ1) is 18.5. The lowest BCUT2D eigenvalue weighted by molar-refractivity contribution is 0.0994. The predicted octanol–water partition coefficient (Wildman–Crippen LogP) is 5.24. The van der Waals surface area contributed by atoms with E-state index in [9.17, 15) is 9.59 Å². The molecule has 0 N–H and O–H groups in total. The van der Waals surface area contributed by atoms with Gasteiger partial charge in [0.05, 0.1) is 5.56 Å². The van der Waals surface area contributed by atoms with Gasteiger partial charge in [0.15, 0.2) is 5.43 Å². The van der Waals surface area contributed by atoms with E-state index in [0.717, 1.165) is 10.9 Å². The molecule has 0 atom stereocenters. The number of nitrogens with zero attached hydrogens (tertiary/aromatic N) is 1. The first-order valence-electron chi connectivity index (χ1n) is 6.85. The van der Waals surface area contributed by atoms with Crippen LogP contribution in [0.4, 0.5) is 0 Å². The molecular weight excluding hydrogens is 424 g/mol. The van der Waals surface area contributed by atoms with Crippen molar-refractivity contribution >= 4 is 56.5 Å². The third-order valence-corrected chi connectivity index (χ3v) is 4.21. The van der Waals surface area contributed by atoms with Gasteiger partial charge in [-0.1, -0.05) is 69.8 Å². The second-order valence-electron chi connectivity index (χ2n) is 4.99. The van der Waals surface area contributed by atoms with E-state index in [1.807, 2.05) is 19.1 Å². The van der Waals surface area contributed by atoms with Gasteiger partial charge in [-0.3, -0.25) is 9.59 Å². The van der Waals surface area contributed by atoms with Gasteiger partial charge in [0.1, 0.15) is 0 Å². The zero-order valence-corrected chi connectivity index (χ0v) is 16.0. The Morgan fingerprint density at radius 3 is 2.52 bits per heavy atom. The van der Waals surface area contributed by atoms with Gasteiger partial charge >= 0.3 is 0 Å². The minimum absolute atomic E-state index is 0.129. The topological polar surface area (TPSA) is 39.1 Å². The van der Waals surface area contributed by atoms with Gasteiger partial charge in [-0.15, -0.1) is 0 Å². The zero-order valence-electron chi connectivity index (χ0n) is 12.2. The molecule has 0 unspecified atom stereocenters. The molecule has 0 spiro atoms. The maximum absolute atomic E-state index is 12.7. The molecule has 23 heavy (non-hydrogen) atoms. The Balaban J connectivity index is 2.70. The van der Waals surface area contributed by atoms with Crippen molar-refractivity contribution in [2.75, 3.05) is 0 Å². The number of carbonyl (C=O) groups excluding carboxylic acids is 1. The molecule has 0 saturated carbocycles. The second kappa shape index (κ2) is 7.39. The first-order valence-corrected chi connectivity index (χ1v) is 8.78. The predicted molar refractivity (Wildman–Crippen MR) is 98.7 cm³/mol. The summed E-state index contributed by atoms with van der Waals surface area (Å²) in [6.07, 6.45) is 3.99. The fourth-order valence-electron chi connectivity index (χ4n) is 2.19. The summed E-state index contributed by atoms with van der Waals surface area (Å²) in [5.41, 5.74) is 0.496. The lowest BCUT2D eigenvalue weighted by Crippen LogP contribution is -2.28. The molecule has 0 fully saturated rings. The van der Waals surface area contributed by atoms with Crippen LogP contribution in [0.15, 0.2) is 45.9 Å². The largest absolute Gasteiger partial charge is 0.353 e. The number of halogens is 4. The van der Waals surface area contributed by atoms with Gasteiger partial charge in [-0.25, -0.2) is 0 Å². The molecule has 1 aromatic heterocycles. The molecule has 0 bridgehead atoms. The quantitative estimate of drug-likeness (QED) is 0.485. The van der Waals surface area contributed by atoms with E-state index >= 15 is 0 Å². The highest BCUT2D eigenvalue weighted by molar-refractivity contribution is 9.10. The van der Waals surface area contributed by atoms with Crippen LogP contribution < -0.4 is 5.43 Å². The molecule has 2 rings (SSSR count). The first-order chi connectivity index (χ1) is 10.7. The van der Waals surface area contributed by atoms with E-state index in [2.05, 4.69) is 15.9 Å². The van der Waals surface area contributed by atoms with Crippen molar-refractivity contribution in [2.45, 2.75) is 23.7 Å². The third-order valence-electron chi connectivity index (χ3n) is 3.20. The number of benzene rings is 1. The molecule has 1 aromatic carbocycles. The van der Waals surface area contributed by atoms with Crippen molar-refractivity contribution in [3.8, 4) is 11.1 Å². The summed E-state index contributed by atoms with van der Waals surface area (Å²) in [6, 6.07) is 7.26. The molecule has 0 aliphatic rings. The van der Waals surface area contributed by atoms with Crippen molar-refractivity contribution in [3.05, 3.63) is 56.9 Å². The van der Waals surface area contributed by atoms with Crippen LogP contribution in [0.3, 0.4) is 0 Å². The summed E-state index contributed by atoms with van der Waals surface area (Å²) in [5, 5.41) is 0. The van der Waals surface area contributed by atoms with Crippen LogP contribution in [0.25, 0.3) is 11.1 Å². The fraction of sp³-hybridized carbons (Fsp3) is 0.250. The molecule has 3 nitrogen and oxygen atoms in total. The van der Waals surface area contributed by atoms with Crippen molar-refractivity contribution in [2.24, 2.45) is 0 Å². The van der Waals surface area contributed by atoms with E-state index in [1.165, 1.54) is 6.20 Å². The van der Waals surface area contributed by atoms with E-state index in [4.69, 9.17) is 34.8 Å². The van der Waals surface area contributed by atoms with Crippen molar-refractivity contribution in [1.82, 2.24) is 4.57 Å². The maximum atomic E-state index is 12.7. The summed E-state index contributed by atoms with van der Waals surface area (Å²) in [7, 11) is 0. The van der Waals surface area contributed by atoms with E-state index in [-0.39, 0.29) is 5.56 Å². The number of aromatic nitrogens is 1. The smallest absolute Gasteiger partial charge is 0.253 e. The highest BCUT2D eigenvalue weighted by atomic mass is 79.9. The molecule has 0 aliphatic heterocycles. The van der Waals surface area contributed by atoms with Crippen LogP contribution in [0.5, 0.6) is 0 Å². The number of ketones is 1. The molecule has 0 amide bonds. The van der Waals surface area contributed by atoms with Crippen LogP contribution in [0.2, 0.25) is 0 Å². The van der Waals surface area contributed by atoms with E-state index < -0.39 is 15.0 Å². The van der Waals surface area contributed by atoms with E-state index in [1.54, 1.807) is 22.9 Å². The summed E-state index contributed by atoms with van der Waals surface area (Å²) < 4.78 is 0.426. The number of aryl methyl sites for hydroxylation is 1. The number of Topliss-reactive ketones (excluding diaryl/α,β-unsaturated/α-hetero) is 1. The molecule has 122 valence electrons. The van der Waals surface area contributed by atoms with Gasteiger partial charge in [-0.2, -0.15) is 0 Å². The average molecular weight is 438 g/mol. The molecule has 1 heterocycles. The highest BCUT2D eigenvalue weighted by Gasteiger charge is 2.34. The molecular formula is C16H13BrCl3NO2. The Kier molecular flexibility index (Phi) is 5.95. The number of hydrogen-bond donors (Lipinski definition) is 0. The van der Waals surface area contributed by atoms with Crippen LogP contribution >= 0.6 is 50.7 Å². The molecule has 0 aliphatic carbocycles. The van der Waals surface area contributed by atoms with Gasteiger partial charge in [0, 0.05) is 29.0 Å². The van der Waals surface area contributed by atoms with Crippen molar-refractivity contribution in [1.29, 1.82) is 0 Å². The zero-order chi connectivity index (χ0) is 17.2. The molecule has 7 heteroatoms. The minimum atomic E-state index is -2.17. The standard InChI is InChI=1S/C16H13BrCl3NO2/c1-2-6-21-8-12(10-4-3-5-11(17)7-10)14(22)13(9-21)15(23)16(18,19)20/h3-5,7-9H,2,6H2,1H3. The minimum Gasteiger partial charge on any atom is -0.353 e. The average Bonchev–Trinajstić information content (AvgIpc) is 2.47. The summed E-state index contributed by atoms with van der Waals surface area (Å²) in [5.74, 6) is -0.825. The number of carbonyl (C=O) groups is 1. The number of hydrogen-bond acceptors (Lipinski definition) is 2. The van der Waals surface area contributed by atoms with E-state index in [0.29, 0.717) is 17.7 Å². The normalized spacial score (nSPS) is 11.5. The van der Waals surface area contributed by atoms with Crippen molar-refractivity contribution < 1.29 is 4.79 Å². The van der Waals surface area contributed by atoms with Crippen LogP contribution in [0.1, 0.15) is 23.7 Å². The van der Waals surface area contributed by atoms with Gasteiger partial charge in [-0.05, 0) is 24.1 Å². The SMILES string of the molecule is CCCn1cc(C(=O)C(Cl)(Cl)Cl)c(=O)c(-c2cccc(Br)c2)c1. The summed E-state index contributed by atoms with van der Waals surface area (Å²) >= 11 is 20.4.